The molecule has 0 bridgehead atoms. The van der Waals surface area contributed by atoms with Crippen molar-refractivity contribution in [2.75, 3.05) is 0 Å². The van der Waals surface area contributed by atoms with Crippen molar-refractivity contribution in [3.63, 3.8) is 0 Å². The third-order valence-electron chi connectivity index (χ3n) is 1.50. The first-order valence-corrected chi connectivity index (χ1v) is 4.50. The maximum Gasteiger partial charge on any atom is 0.357 e. The molecular formula is C6H7Cl3O8. The van der Waals surface area contributed by atoms with E-state index in [1.54, 1.807) is 0 Å². The van der Waals surface area contributed by atoms with Crippen LogP contribution in [0.1, 0.15) is 12.8 Å². The second-order valence-electron chi connectivity index (χ2n) is 2.65. The van der Waals surface area contributed by atoms with Crippen LogP contribution in [-0.2, 0) is 27.3 Å². The van der Waals surface area contributed by atoms with Gasteiger partial charge in [0.1, 0.15) is 35.6 Å². The van der Waals surface area contributed by atoms with Crippen LogP contribution in [0, 0.1) is 0 Å². The molecule has 0 amide bonds. The Morgan fingerprint density at radius 2 is 1.29 bits per heavy atom. The number of aliphatic hydroxyl groups is 1. The van der Waals surface area contributed by atoms with Gasteiger partial charge in [-0.25, -0.2) is 4.79 Å². The molecule has 17 heavy (non-hydrogen) atoms. The van der Waals surface area contributed by atoms with E-state index in [9.17, 15) is 19.5 Å². The predicted molar refractivity (Wildman–Crippen MR) is 53.6 cm³/mol. The molecule has 3 N–H and O–H groups in total. The Kier molecular flexibility index (Phi) is 9.08. The van der Waals surface area contributed by atoms with Gasteiger partial charge in [-0.1, -0.05) is 0 Å². The number of carbonyl (C=O) groups excluding carboxylic acids is 3. The van der Waals surface area contributed by atoms with Crippen LogP contribution in [0.15, 0.2) is 0 Å². The van der Waals surface area contributed by atoms with Gasteiger partial charge in [0.05, 0.1) is 12.8 Å². The lowest BCUT2D eigenvalue weighted by atomic mass is 9.96. The lowest BCUT2D eigenvalue weighted by molar-refractivity contribution is -0.166. The molecule has 0 saturated carbocycles. The molecule has 0 aromatic rings. The first-order chi connectivity index (χ1) is 7.39. The Labute approximate surface area is 110 Å². The molecule has 0 atom stereocenters. The van der Waals surface area contributed by atoms with Crippen LogP contribution in [0.5, 0.6) is 0 Å². The van der Waals surface area contributed by atoms with E-state index in [1.165, 1.54) is 0 Å². The van der Waals surface area contributed by atoms with Crippen molar-refractivity contribution in [2.45, 2.75) is 18.4 Å². The largest absolute Gasteiger partial charge is 0.412 e. The maximum absolute atomic E-state index is 11.0. The summed E-state index contributed by atoms with van der Waals surface area (Å²) >= 11 is 14.1. The van der Waals surface area contributed by atoms with E-state index in [1.807, 2.05) is 0 Å². The van der Waals surface area contributed by atoms with Crippen molar-refractivity contribution in [1.82, 2.24) is 0 Å². The van der Waals surface area contributed by atoms with Crippen LogP contribution in [0.25, 0.3) is 0 Å². The Balaban J connectivity index is 0. The second-order valence-corrected chi connectivity index (χ2v) is 3.11. The van der Waals surface area contributed by atoms with E-state index in [-0.39, 0.29) is 5.48 Å². The first kappa shape index (κ1) is 18.6. The van der Waals surface area contributed by atoms with E-state index in [2.05, 4.69) is 36.6 Å². The van der Waals surface area contributed by atoms with Crippen molar-refractivity contribution < 1.29 is 37.8 Å². The average molecular weight is 313 g/mol. The van der Waals surface area contributed by atoms with Crippen LogP contribution >= 0.6 is 35.6 Å². The molecule has 0 aliphatic heterocycles. The van der Waals surface area contributed by atoms with E-state index in [4.69, 9.17) is 11.9 Å². The summed E-state index contributed by atoms with van der Waals surface area (Å²) in [5.41, 5.74) is -2.56. The summed E-state index contributed by atoms with van der Waals surface area (Å²) < 4.78 is 11.1. The highest BCUT2D eigenvalue weighted by atomic mass is 35.5. The third-order valence-corrected chi connectivity index (χ3v) is 1.98. The quantitative estimate of drug-likeness (QED) is 0.741. The first-order valence-electron chi connectivity index (χ1n) is 3.58. The minimum absolute atomic E-state index is 0. The van der Waals surface area contributed by atoms with Gasteiger partial charge >= 0.3 is 17.9 Å². The Morgan fingerprint density at radius 3 is 1.53 bits per heavy atom. The molecule has 0 aliphatic rings. The Morgan fingerprint density at radius 1 is 0.941 bits per heavy atom. The molecule has 11 heteroatoms. The molecule has 0 radical (unpaired) electrons. The fraction of sp³-hybridized carbons (Fsp3) is 0.500. The van der Waals surface area contributed by atoms with Crippen molar-refractivity contribution in [3.8, 4) is 0 Å². The maximum atomic E-state index is 11.0. The molecule has 0 saturated heterocycles. The fourth-order valence-electron chi connectivity index (χ4n) is 0.811. The molecule has 0 spiro atoms. The lowest BCUT2D eigenvalue weighted by Gasteiger charge is -2.20. The van der Waals surface area contributed by atoms with E-state index >= 15 is 0 Å². The zero-order chi connectivity index (χ0) is 12.8. The van der Waals surface area contributed by atoms with Crippen LogP contribution in [0.4, 0.5) is 0 Å². The number of hydrogen-bond donors (Lipinski definition) is 1. The zero-order valence-corrected chi connectivity index (χ0v) is 10.2. The smallest absolute Gasteiger partial charge is 0.357 e. The summed E-state index contributed by atoms with van der Waals surface area (Å²) in [5.74, 6) is -3.79. The molecule has 0 aliphatic carbocycles. The molecule has 0 aromatic heterocycles. The normalized spacial score (nSPS) is 9.88. The second kappa shape index (κ2) is 8.31. The number of rotatable bonds is 5. The van der Waals surface area contributed by atoms with Crippen molar-refractivity contribution >= 4 is 53.5 Å². The van der Waals surface area contributed by atoms with Crippen LogP contribution < -0.4 is 0 Å². The van der Waals surface area contributed by atoms with Gasteiger partial charge in [-0.05, 0) is 0 Å². The summed E-state index contributed by atoms with van der Waals surface area (Å²) in [6.45, 7) is 0. The van der Waals surface area contributed by atoms with Crippen LogP contribution in [-0.4, -0.2) is 34.1 Å². The van der Waals surface area contributed by atoms with E-state index in [0.717, 1.165) is 0 Å². The monoisotopic (exact) mass is 312 g/mol. The summed E-state index contributed by atoms with van der Waals surface area (Å²) in [4.78, 5) is 32.6. The molecule has 100 valence electrons. The summed E-state index contributed by atoms with van der Waals surface area (Å²) in [6.07, 6.45) is -1.90. The average Bonchev–Trinajstić information content (AvgIpc) is 2.27. The molecule has 0 rings (SSSR count). The van der Waals surface area contributed by atoms with Crippen molar-refractivity contribution in [3.05, 3.63) is 0 Å². The predicted octanol–water partition coefficient (Wildman–Crippen LogP) is -0.236. The molecule has 0 unspecified atom stereocenters. The third kappa shape index (κ3) is 5.89. The van der Waals surface area contributed by atoms with Crippen molar-refractivity contribution in [1.29, 1.82) is 0 Å². The minimum Gasteiger partial charge on any atom is -0.412 e. The van der Waals surface area contributed by atoms with Gasteiger partial charge in [-0.15, -0.1) is 0 Å². The lowest BCUT2D eigenvalue weighted by Crippen LogP contribution is -2.43. The topological polar surface area (TPSA) is 131 Å². The summed E-state index contributed by atoms with van der Waals surface area (Å²) in [5, 5.41) is 9.60. The standard InChI is InChI=1S/C6H5Cl3O7.H2O/c7-14-3(10)1-6(13,5(12)16-9)2-4(11)15-8;/h13H,1-2H2;1H2. The Bertz CT molecular complexity index is 275. The molecule has 0 heterocycles. The molecule has 0 aromatic carbocycles. The van der Waals surface area contributed by atoms with Gasteiger partial charge in [0.2, 0.25) is 0 Å². The van der Waals surface area contributed by atoms with Gasteiger partial charge in [0.15, 0.2) is 5.60 Å². The summed E-state index contributed by atoms with van der Waals surface area (Å²) in [6, 6.07) is 0. The number of carbonyl (C=O) groups is 3. The van der Waals surface area contributed by atoms with Crippen LogP contribution in [0.3, 0.4) is 0 Å². The minimum atomic E-state index is -2.56. The zero-order valence-electron chi connectivity index (χ0n) is 7.94. The van der Waals surface area contributed by atoms with Crippen molar-refractivity contribution in [2.24, 2.45) is 0 Å². The Hall–Kier alpha value is -0.800. The van der Waals surface area contributed by atoms with E-state index in [0.29, 0.717) is 0 Å². The SMILES string of the molecule is O.O=C(CC(O)(CC(=O)OCl)C(=O)OCl)OCl. The highest BCUT2D eigenvalue weighted by Crippen LogP contribution is 2.20. The number of hydrogen-bond acceptors (Lipinski definition) is 7. The molecular weight excluding hydrogens is 306 g/mol. The highest BCUT2D eigenvalue weighted by molar-refractivity contribution is 6.16. The highest BCUT2D eigenvalue weighted by Gasteiger charge is 2.43. The number of halogens is 3. The summed E-state index contributed by atoms with van der Waals surface area (Å²) in [7, 11) is 0. The molecule has 0 fully saturated rings. The van der Waals surface area contributed by atoms with Gasteiger partial charge in [-0.2, -0.15) is 0 Å². The van der Waals surface area contributed by atoms with Gasteiger partial charge in [-0.3, -0.25) is 9.59 Å². The van der Waals surface area contributed by atoms with Gasteiger partial charge < -0.3 is 23.5 Å². The van der Waals surface area contributed by atoms with Gasteiger partial charge in [0.25, 0.3) is 0 Å². The molecule has 8 nitrogen and oxygen atoms in total. The fourth-order valence-corrected chi connectivity index (χ4v) is 1.06. The van der Waals surface area contributed by atoms with Crippen LogP contribution in [0.2, 0.25) is 0 Å². The van der Waals surface area contributed by atoms with E-state index < -0.39 is 36.4 Å². The van der Waals surface area contributed by atoms with Gasteiger partial charge in [0, 0.05) is 0 Å².